The quantitative estimate of drug-likeness (QED) is 0.0330. The molecule has 0 aromatic heterocycles. The molecule has 1 heterocycles. The van der Waals surface area contributed by atoms with Crippen molar-refractivity contribution in [1.82, 2.24) is 5.32 Å². The molecule has 0 radical (unpaired) electrons. The molecule has 0 aliphatic carbocycles. The van der Waals surface area contributed by atoms with Crippen LogP contribution >= 0.6 is 0 Å². The van der Waals surface area contributed by atoms with E-state index in [9.17, 15) is 30.3 Å². The number of nitrogens with one attached hydrogen (secondary N) is 1. The Hall–Kier alpha value is -0.810. The Morgan fingerprint density at radius 2 is 0.714 bits per heavy atom. The van der Waals surface area contributed by atoms with Crippen molar-refractivity contribution in [2.45, 2.75) is 371 Å². The molecule has 0 saturated carbocycles. The molecular weight excluding hydrogens is 875 g/mol. The Morgan fingerprint density at radius 3 is 1.01 bits per heavy atom. The van der Waals surface area contributed by atoms with Crippen molar-refractivity contribution in [2.24, 2.45) is 0 Å². The first-order valence-corrected chi connectivity index (χ1v) is 31.2. The molecule has 0 aromatic carbocycles. The average Bonchev–Trinajstić information content (AvgIpc) is 3.36. The van der Waals surface area contributed by atoms with Gasteiger partial charge in [0.1, 0.15) is 24.4 Å². The number of rotatable bonds is 55. The lowest BCUT2D eigenvalue weighted by atomic mass is 9.99. The SMILES string of the molecule is CCCCCCCCCCCCCCCCCCCCCCCCCCCCCCCCCCCCCC(=O)N[C@@H](CO[C@@H]1O[C@H](CO)[C@H](O)C(O)C1O)[C@H](O)CCCCCCCCCCCCCC. The molecular formula is C61H121NO8. The van der Waals surface area contributed by atoms with Crippen molar-refractivity contribution < 1.29 is 39.8 Å². The van der Waals surface area contributed by atoms with Crippen LogP contribution in [-0.4, -0.2) is 87.5 Å². The number of aliphatic hydroxyl groups is 5. The van der Waals surface area contributed by atoms with Crippen molar-refractivity contribution in [3.63, 3.8) is 0 Å². The van der Waals surface area contributed by atoms with E-state index in [0.717, 1.165) is 38.5 Å². The minimum Gasteiger partial charge on any atom is -0.394 e. The maximum absolute atomic E-state index is 13.1. The van der Waals surface area contributed by atoms with Crippen LogP contribution in [0.1, 0.15) is 328 Å². The highest BCUT2D eigenvalue weighted by Gasteiger charge is 2.44. The summed E-state index contributed by atoms with van der Waals surface area (Å²) >= 11 is 0. The zero-order valence-corrected chi connectivity index (χ0v) is 46.6. The first kappa shape index (κ1) is 67.2. The van der Waals surface area contributed by atoms with E-state index in [-0.39, 0.29) is 12.5 Å². The summed E-state index contributed by atoms with van der Waals surface area (Å²) in [6.07, 6.45) is 56.1. The molecule has 70 heavy (non-hydrogen) atoms. The van der Waals surface area contributed by atoms with Crippen molar-refractivity contribution in [3.05, 3.63) is 0 Å². The standard InChI is InChI=1S/C61H121NO8/c1-3-5-7-9-11-13-15-17-18-19-20-21-22-23-24-25-26-27-28-29-30-31-32-33-34-35-36-37-38-39-41-43-45-47-49-51-57(65)62-54(53-69-61-60(68)59(67)58(66)56(52-63)70-61)55(64)50-48-46-44-42-40-16-14-12-10-8-6-4-2/h54-56,58-61,63-64,66-68H,3-53H2,1-2H3,(H,62,65)/t54-,55+,56+,58-,59?,60?,61+/m0/s1. The van der Waals surface area contributed by atoms with Gasteiger partial charge in [0.25, 0.3) is 0 Å². The summed E-state index contributed by atoms with van der Waals surface area (Å²) in [7, 11) is 0. The molecule has 2 unspecified atom stereocenters. The summed E-state index contributed by atoms with van der Waals surface area (Å²) in [5.74, 6) is -0.137. The van der Waals surface area contributed by atoms with Gasteiger partial charge in [-0.05, 0) is 12.8 Å². The highest BCUT2D eigenvalue weighted by Crippen LogP contribution is 2.24. The molecule has 9 heteroatoms. The molecule has 1 aliphatic heterocycles. The summed E-state index contributed by atoms with van der Waals surface area (Å²) in [6, 6.07) is -0.712. The summed E-state index contributed by atoms with van der Waals surface area (Å²) in [4.78, 5) is 13.1. The fraction of sp³-hybridized carbons (Fsp3) is 0.984. The van der Waals surface area contributed by atoms with Crippen molar-refractivity contribution in [3.8, 4) is 0 Å². The van der Waals surface area contributed by atoms with Crippen LogP contribution in [0.25, 0.3) is 0 Å². The van der Waals surface area contributed by atoms with Gasteiger partial charge in [0.05, 0.1) is 25.4 Å². The number of ether oxygens (including phenoxy) is 2. The average molecular weight is 997 g/mol. The minimum absolute atomic E-state index is 0.131. The molecule has 6 N–H and O–H groups in total. The summed E-state index contributed by atoms with van der Waals surface area (Å²) in [5, 5.41) is 54.6. The maximum Gasteiger partial charge on any atom is 0.220 e. The zero-order valence-electron chi connectivity index (χ0n) is 46.6. The van der Waals surface area contributed by atoms with Crippen LogP contribution in [-0.2, 0) is 14.3 Å². The lowest BCUT2D eigenvalue weighted by molar-refractivity contribution is -0.302. The molecule has 1 fully saturated rings. The van der Waals surface area contributed by atoms with Crippen molar-refractivity contribution in [1.29, 1.82) is 0 Å². The third-order valence-electron chi connectivity index (χ3n) is 15.5. The van der Waals surface area contributed by atoms with Gasteiger partial charge in [0.15, 0.2) is 6.29 Å². The zero-order chi connectivity index (χ0) is 50.8. The first-order valence-electron chi connectivity index (χ1n) is 31.2. The van der Waals surface area contributed by atoms with Gasteiger partial charge in [0, 0.05) is 6.42 Å². The monoisotopic (exact) mass is 996 g/mol. The van der Waals surface area contributed by atoms with Gasteiger partial charge < -0.3 is 40.3 Å². The third kappa shape index (κ3) is 40.6. The van der Waals surface area contributed by atoms with Gasteiger partial charge in [-0.2, -0.15) is 0 Å². The number of hydrogen-bond donors (Lipinski definition) is 6. The van der Waals surface area contributed by atoms with Crippen LogP contribution in [0.4, 0.5) is 0 Å². The normalized spacial score (nSPS) is 19.2. The number of hydrogen-bond acceptors (Lipinski definition) is 8. The topological polar surface area (TPSA) is 149 Å². The van der Waals surface area contributed by atoms with Crippen LogP contribution in [0.15, 0.2) is 0 Å². The fourth-order valence-electron chi connectivity index (χ4n) is 10.5. The van der Waals surface area contributed by atoms with Crippen LogP contribution in [0.3, 0.4) is 0 Å². The molecule has 1 amide bonds. The van der Waals surface area contributed by atoms with Crippen LogP contribution < -0.4 is 5.32 Å². The lowest BCUT2D eigenvalue weighted by Gasteiger charge is -2.40. The van der Waals surface area contributed by atoms with Gasteiger partial charge >= 0.3 is 0 Å². The molecule has 1 saturated heterocycles. The Bertz CT molecular complexity index is 1060. The molecule has 0 aromatic rings. The van der Waals surface area contributed by atoms with E-state index in [1.807, 2.05) is 0 Å². The largest absolute Gasteiger partial charge is 0.394 e. The second-order valence-corrected chi connectivity index (χ2v) is 22.2. The fourth-order valence-corrected chi connectivity index (χ4v) is 10.5. The van der Waals surface area contributed by atoms with Crippen LogP contribution in [0.5, 0.6) is 0 Å². The lowest BCUT2D eigenvalue weighted by Crippen LogP contribution is -2.60. The van der Waals surface area contributed by atoms with Gasteiger partial charge in [-0.25, -0.2) is 0 Å². The Kier molecular flexibility index (Phi) is 49.6. The second kappa shape index (κ2) is 51.7. The van der Waals surface area contributed by atoms with Gasteiger partial charge in [-0.15, -0.1) is 0 Å². The molecule has 7 atom stereocenters. The Labute approximate surface area is 434 Å². The second-order valence-electron chi connectivity index (χ2n) is 22.2. The van der Waals surface area contributed by atoms with Gasteiger partial charge in [-0.1, -0.05) is 309 Å². The highest BCUT2D eigenvalue weighted by molar-refractivity contribution is 5.76. The number of amides is 1. The van der Waals surface area contributed by atoms with Crippen LogP contribution in [0, 0.1) is 0 Å². The van der Waals surface area contributed by atoms with Crippen LogP contribution in [0.2, 0.25) is 0 Å². The Balaban J connectivity index is 2.02. The summed E-state index contributed by atoms with van der Waals surface area (Å²) in [6.45, 7) is 3.87. The number of unbranched alkanes of at least 4 members (excludes halogenated alkanes) is 45. The molecule has 0 spiro atoms. The van der Waals surface area contributed by atoms with Crippen molar-refractivity contribution in [2.75, 3.05) is 13.2 Å². The van der Waals surface area contributed by atoms with E-state index in [2.05, 4.69) is 19.2 Å². The molecule has 0 bridgehead atoms. The van der Waals surface area contributed by atoms with Crippen molar-refractivity contribution >= 4 is 5.91 Å². The predicted octanol–water partition coefficient (Wildman–Crippen LogP) is 15.8. The molecule has 1 aliphatic rings. The molecule has 418 valence electrons. The minimum atomic E-state index is -1.55. The van der Waals surface area contributed by atoms with Gasteiger partial charge in [0.2, 0.25) is 5.91 Å². The smallest absolute Gasteiger partial charge is 0.220 e. The van der Waals surface area contributed by atoms with E-state index in [0.29, 0.717) is 12.8 Å². The molecule has 1 rings (SSSR count). The maximum atomic E-state index is 13.1. The predicted molar refractivity (Wildman–Crippen MR) is 295 cm³/mol. The summed E-state index contributed by atoms with van der Waals surface area (Å²) < 4.78 is 11.3. The third-order valence-corrected chi connectivity index (χ3v) is 15.5. The van der Waals surface area contributed by atoms with Gasteiger partial charge in [-0.3, -0.25) is 4.79 Å². The van der Waals surface area contributed by atoms with E-state index in [4.69, 9.17) is 9.47 Å². The number of carbonyl (C=O) groups is 1. The van der Waals surface area contributed by atoms with E-state index < -0.39 is 49.5 Å². The van der Waals surface area contributed by atoms with E-state index in [1.165, 1.54) is 263 Å². The number of carbonyl (C=O) groups excluding carboxylic acids is 1. The molecule has 9 nitrogen and oxygen atoms in total. The number of aliphatic hydroxyl groups excluding tert-OH is 5. The Morgan fingerprint density at radius 1 is 0.429 bits per heavy atom. The highest BCUT2D eigenvalue weighted by atomic mass is 16.7. The van der Waals surface area contributed by atoms with E-state index in [1.54, 1.807) is 0 Å². The summed E-state index contributed by atoms with van der Waals surface area (Å²) in [5.41, 5.74) is 0. The first-order chi connectivity index (χ1) is 34.3. The van der Waals surface area contributed by atoms with E-state index >= 15 is 0 Å².